The van der Waals surface area contributed by atoms with Gasteiger partial charge in [-0.15, -0.1) is 0 Å². The van der Waals surface area contributed by atoms with Crippen molar-refractivity contribution in [2.45, 2.75) is 26.0 Å². The Labute approximate surface area is 176 Å². The van der Waals surface area contributed by atoms with Crippen molar-refractivity contribution in [3.8, 4) is 17.2 Å². The zero-order valence-corrected chi connectivity index (χ0v) is 18.4. The van der Waals surface area contributed by atoms with Crippen LogP contribution in [0.4, 0.5) is 5.69 Å². The number of anilines is 1. The van der Waals surface area contributed by atoms with E-state index in [-0.39, 0.29) is 6.54 Å². The van der Waals surface area contributed by atoms with Gasteiger partial charge in [0, 0.05) is 5.56 Å². The minimum atomic E-state index is -3.59. The number of aryl methyl sites for hydroxylation is 1. The van der Waals surface area contributed by atoms with E-state index in [0.717, 1.165) is 17.4 Å². The van der Waals surface area contributed by atoms with Gasteiger partial charge in [-0.25, -0.2) is 8.42 Å². The molecule has 0 radical (unpaired) electrons. The molecule has 30 heavy (non-hydrogen) atoms. The van der Waals surface area contributed by atoms with E-state index in [4.69, 9.17) is 14.2 Å². The molecule has 1 N–H and O–H groups in total. The SMILES string of the molecule is COc1ccc(OC)c([C@@H](C)NC(=O)[C@H]2CN(S(C)(=O)=O)c3cc(C)ccc3O2)c1. The maximum atomic E-state index is 13.0. The number of ether oxygens (including phenoxy) is 3. The summed E-state index contributed by atoms with van der Waals surface area (Å²) in [6.07, 6.45) is 0.123. The lowest BCUT2D eigenvalue weighted by Crippen LogP contribution is -2.50. The summed E-state index contributed by atoms with van der Waals surface area (Å²) in [5.74, 6) is 1.16. The second kappa shape index (κ2) is 8.43. The highest BCUT2D eigenvalue weighted by Gasteiger charge is 2.35. The zero-order chi connectivity index (χ0) is 22.1. The Kier molecular flexibility index (Phi) is 6.12. The fraction of sp³-hybridized carbons (Fsp3) is 0.381. The molecular formula is C21H26N2O6S. The first kappa shape index (κ1) is 21.8. The number of rotatable bonds is 6. The molecule has 9 heteroatoms. The van der Waals surface area contributed by atoms with Crippen LogP contribution in [0.1, 0.15) is 24.1 Å². The molecule has 1 aliphatic rings. The van der Waals surface area contributed by atoms with Crippen molar-refractivity contribution in [2.75, 3.05) is 31.3 Å². The van der Waals surface area contributed by atoms with Crippen molar-refractivity contribution in [2.24, 2.45) is 0 Å². The van der Waals surface area contributed by atoms with Gasteiger partial charge in [0.1, 0.15) is 17.2 Å². The Morgan fingerprint density at radius 2 is 1.93 bits per heavy atom. The minimum absolute atomic E-state index is 0.108. The van der Waals surface area contributed by atoms with Crippen molar-refractivity contribution in [1.29, 1.82) is 0 Å². The van der Waals surface area contributed by atoms with Crippen molar-refractivity contribution in [1.82, 2.24) is 5.32 Å². The van der Waals surface area contributed by atoms with Crippen molar-refractivity contribution >= 4 is 21.6 Å². The van der Waals surface area contributed by atoms with Crippen LogP contribution in [0.2, 0.25) is 0 Å². The molecule has 2 aromatic rings. The van der Waals surface area contributed by atoms with E-state index in [1.54, 1.807) is 44.6 Å². The third-order valence-electron chi connectivity index (χ3n) is 4.94. The number of hydrogen-bond acceptors (Lipinski definition) is 6. The Bertz CT molecular complexity index is 1050. The number of fused-ring (bicyclic) bond motifs is 1. The van der Waals surface area contributed by atoms with Crippen molar-refractivity contribution in [3.63, 3.8) is 0 Å². The standard InChI is InChI=1S/C21H26N2O6S/c1-13-6-8-19-17(10-13)23(30(5,25)26)12-20(29-19)21(24)22-14(2)16-11-15(27-3)7-9-18(16)28-4/h6-11,14,20H,12H2,1-5H3,(H,22,24)/t14-,20-/m1/s1. The van der Waals surface area contributed by atoms with Gasteiger partial charge in [0.25, 0.3) is 5.91 Å². The molecule has 0 unspecified atom stereocenters. The highest BCUT2D eigenvalue weighted by molar-refractivity contribution is 7.92. The van der Waals surface area contributed by atoms with Gasteiger partial charge in [0.2, 0.25) is 10.0 Å². The predicted molar refractivity (Wildman–Crippen MR) is 114 cm³/mol. The van der Waals surface area contributed by atoms with Gasteiger partial charge in [0.05, 0.1) is 38.7 Å². The number of nitrogens with one attached hydrogen (secondary N) is 1. The fourth-order valence-electron chi connectivity index (χ4n) is 3.37. The van der Waals surface area contributed by atoms with E-state index in [1.807, 2.05) is 19.9 Å². The molecule has 0 fully saturated rings. The van der Waals surface area contributed by atoms with E-state index in [2.05, 4.69) is 5.32 Å². The summed E-state index contributed by atoms with van der Waals surface area (Å²) in [7, 11) is -0.478. The summed E-state index contributed by atoms with van der Waals surface area (Å²) < 4.78 is 42.4. The van der Waals surface area contributed by atoms with Gasteiger partial charge < -0.3 is 19.5 Å². The average molecular weight is 435 g/mol. The molecule has 0 saturated carbocycles. The second-order valence-corrected chi connectivity index (χ2v) is 9.12. The van der Waals surface area contributed by atoms with Gasteiger partial charge in [-0.3, -0.25) is 9.10 Å². The molecule has 0 bridgehead atoms. The van der Waals surface area contributed by atoms with Crippen LogP contribution in [0.5, 0.6) is 17.2 Å². The molecule has 1 amide bonds. The van der Waals surface area contributed by atoms with Gasteiger partial charge in [0.15, 0.2) is 6.10 Å². The van der Waals surface area contributed by atoms with E-state index in [9.17, 15) is 13.2 Å². The lowest BCUT2D eigenvalue weighted by molar-refractivity contribution is -0.128. The van der Waals surface area contributed by atoms with Gasteiger partial charge in [-0.2, -0.15) is 0 Å². The lowest BCUT2D eigenvalue weighted by Gasteiger charge is -2.34. The quantitative estimate of drug-likeness (QED) is 0.750. The zero-order valence-electron chi connectivity index (χ0n) is 17.6. The molecule has 0 spiro atoms. The largest absolute Gasteiger partial charge is 0.497 e. The molecule has 2 atom stereocenters. The Morgan fingerprint density at radius 3 is 2.57 bits per heavy atom. The van der Waals surface area contributed by atoms with Gasteiger partial charge >= 0.3 is 0 Å². The highest BCUT2D eigenvalue weighted by Crippen LogP contribution is 2.36. The molecule has 0 aromatic heterocycles. The van der Waals surface area contributed by atoms with Crippen LogP contribution in [-0.4, -0.2) is 47.4 Å². The summed E-state index contributed by atoms with van der Waals surface area (Å²) in [5, 5.41) is 2.89. The van der Waals surface area contributed by atoms with E-state index < -0.39 is 28.1 Å². The van der Waals surface area contributed by atoms with Crippen molar-refractivity contribution < 1.29 is 27.4 Å². The lowest BCUT2D eigenvalue weighted by atomic mass is 10.1. The monoisotopic (exact) mass is 434 g/mol. The summed E-state index contributed by atoms with van der Waals surface area (Å²) in [4.78, 5) is 13.0. The van der Waals surface area contributed by atoms with Crippen LogP contribution in [0.3, 0.4) is 0 Å². The number of carbonyl (C=O) groups is 1. The fourth-order valence-corrected chi connectivity index (χ4v) is 4.28. The number of sulfonamides is 1. The van der Waals surface area contributed by atoms with Crippen LogP contribution >= 0.6 is 0 Å². The first-order chi connectivity index (χ1) is 14.1. The average Bonchev–Trinajstić information content (AvgIpc) is 2.71. The smallest absolute Gasteiger partial charge is 0.263 e. The predicted octanol–water partition coefficient (Wildman–Crippen LogP) is 2.42. The molecule has 2 aromatic carbocycles. The molecule has 162 valence electrons. The van der Waals surface area contributed by atoms with Gasteiger partial charge in [-0.05, 0) is 49.7 Å². The first-order valence-electron chi connectivity index (χ1n) is 9.41. The number of benzene rings is 2. The minimum Gasteiger partial charge on any atom is -0.497 e. The Balaban J connectivity index is 1.85. The van der Waals surface area contributed by atoms with Crippen molar-refractivity contribution in [3.05, 3.63) is 47.5 Å². The molecule has 3 rings (SSSR count). The highest BCUT2D eigenvalue weighted by atomic mass is 32.2. The molecule has 8 nitrogen and oxygen atoms in total. The number of methoxy groups -OCH3 is 2. The second-order valence-electron chi connectivity index (χ2n) is 7.21. The molecule has 1 heterocycles. The maximum absolute atomic E-state index is 13.0. The number of carbonyl (C=O) groups excluding carboxylic acids is 1. The van der Waals surface area contributed by atoms with E-state index in [1.165, 1.54) is 4.31 Å². The van der Waals surface area contributed by atoms with Crippen LogP contribution in [-0.2, 0) is 14.8 Å². The number of amides is 1. The normalized spacial score (nSPS) is 16.8. The molecule has 1 aliphatic heterocycles. The first-order valence-corrected chi connectivity index (χ1v) is 11.3. The Morgan fingerprint density at radius 1 is 1.20 bits per heavy atom. The molecule has 0 aliphatic carbocycles. The number of nitrogens with zero attached hydrogens (tertiary/aromatic N) is 1. The third-order valence-corrected chi connectivity index (χ3v) is 6.09. The third kappa shape index (κ3) is 4.46. The van der Waals surface area contributed by atoms with E-state index in [0.29, 0.717) is 22.9 Å². The van der Waals surface area contributed by atoms with Crippen LogP contribution in [0, 0.1) is 6.92 Å². The van der Waals surface area contributed by atoms with Crippen LogP contribution in [0.15, 0.2) is 36.4 Å². The Hall–Kier alpha value is -2.94. The summed E-state index contributed by atoms with van der Waals surface area (Å²) in [5.41, 5.74) is 2.06. The van der Waals surface area contributed by atoms with Gasteiger partial charge in [-0.1, -0.05) is 6.07 Å². The molecule has 0 saturated heterocycles. The van der Waals surface area contributed by atoms with E-state index >= 15 is 0 Å². The summed E-state index contributed by atoms with van der Waals surface area (Å²) in [6, 6.07) is 10.1. The van der Waals surface area contributed by atoms with Crippen LogP contribution in [0.25, 0.3) is 0 Å². The topological polar surface area (TPSA) is 94.2 Å². The molecular weight excluding hydrogens is 408 g/mol. The number of hydrogen-bond donors (Lipinski definition) is 1. The van der Waals surface area contributed by atoms with Crippen LogP contribution < -0.4 is 23.8 Å². The summed E-state index contributed by atoms with van der Waals surface area (Å²) >= 11 is 0. The maximum Gasteiger partial charge on any atom is 0.263 e. The summed E-state index contributed by atoms with van der Waals surface area (Å²) in [6.45, 7) is 3.56.